The van der Waals surface area contributed by atoms with E-state index in [4.69, 9.17) is 5.11 Å². The van der Waals surface area contributed by atoms with E-state index in [0.717, 1.165) is 0 Å². The van der Waals surface area contributed by atoms with Crippen LogP contribution in [0.15, 0.2) is 35.1 Å². The number of benzene rings is 1. The molecule has 0 saturated carbocycles. The van der Waals surface area contributed by atoms with E-state index in [1.54, 1.807) is 18.2 Å². The van der Waals surface area contributed by atoms with Crippen LogP contribution in [0.5, 0.6) is 5.75 Å². The molecule has 0 aliphatic heterocycles. The van der Waals surface area contributed by atoms with Gasteiger partial charge in [-0.2, -0.15) is 0 Å². The highest BCUT2D eigenvalue weighted by molar-refractivity contribution is 5.44. The fourth-order valence-corrected chi connectivity index (χ4v) is 1.36. The summed E-state index contributed by atoms with van der Waals surface area (Å²) in [6.45, 7) is -0.240. The summed E-state index contributed by atoms with van der Waals surface area (Å²) >= 11 is 0. The van der Waals surface area contributed by atoms with Gasteiger partial charge in [-0.1, -0.05) is 12.1 Å². The molecule has 0 spiro atoms. The number of aliphatic hydroxyl groups is 1. The van der Waals surface area contributed by atoms with Gasteiger partial charge < -0.3 is 10.2 Å². The van der Waals surface area contributed by atoms with Gasteiger partial charge in [0.25, 0.3) is 5.56 Å². The maximum atomic E-state index is 11.5. The topological polar surface area (TPSA) is 78.2 Å². The molecule has 2 aromatic rings. The summed E-state index contributed by atoms with van der Waals surface area (Å²) in [5, 5.41) is 21.1. The molecule has 0 amide bonds. The second-order valence-corrected chi connectivity index (χ2v) is 3.10. The van der Waals surface area contributed by atoms with Crippen LogP contribution >= 0.6 is 0 Å². The Bertz CT molecular complexity index is 527. The lowest BCUT2D eigenvalue weighted by Crippen LogP contribution is -2.13. The smallest absolute Gasteiger partial charge is 0.271 e. The first-order chi connectivity index (χ1) is 7.22. The van der Waals surface area contributed by atoms with Crippen molar-refractivity contribution in [2.75, 3.05) is 0 Å². The predicted molar refractivity (Wildman–Crippen MR) is 54.0 cm³/mol. The number of aromatic nitrogens is 2. The van der Waals surface area contributed by atoms with E-state index in [1.165, 1.54) is 16.8 Å². The van der Waals surface area contributed by atoms with E-state index < -0.39 is 0 Å². The average Bonchev–Trinajstić information content (AvgIpc) is 2.60. The Hall–Kier alpha value is -2.01. The Morgan fingerprint density at radius 3 is 2.67 bits per heavy atom. The quantitative estimate of drug-likeness (QED) is 0.664. The minimum Gasteiger partial charge on any atom is -0.506 e. The molecule has 0 bridgehead atoms. The van der Waals surface area contributed by atoms with Crippen LogP contribution in [-0.2, 0) is 6.61 Å². The lowest BCUT2D eigenvalue weighted by atomic mass is 10.3. The number of aliphatic hydroxyl groups excluding tert-OH is 1. The van der Waals surface area contributed by atoms with Gasteiger partial charge in [-0.05, 0) is 12.1 Å². The molecule has 5 heteroatoms. The van der Waals surface area contributed by atoms with Gasteiger partial charge in [-0.15, -0.1) is 0 Å². The summed E-state index contributed by atoms with van der Waals surface area (Å²) in [5.74, 6) is 0.00550. The first kappa shape index (κ1) is 9.54. The second kappa shape index (κ2) is 3.62. The molecule has 0 aliphatic carbocycles. The van der Waals surface area contributed by atoms with Crippen molar-refractivity contribution in [1.82, 2.24) is 9.78 Å². The summed E-state index contributed by atoms with van der Waals surface area (Å²) in [6, 6.07) is 7.75. The van der Waals surface area contributed by atoms with Crippen LogP contribution < -0.4 is 5.56 Å². The van der Waals surface area contributed by atoms with Gasteiger partial charge in [0.1, 0.15) is 11.4 Å². The fourth-order valence-electron chi connectivity index (χ4n) is 1.36. The van der Waals surface area contributed by atoms with Crippen molar-refractivity contribution >= 4 is 0 Å². The van der Waals surface area contributed by atoms with Crippen molar-refractivity contribution in [3.63, 3.8) is 0 Å². The summed E-state index contributed by atoms with van der Waals surface area (Å²) in [5.41, 5.74) is 0.450. The monoisotopic (exact) mass is 206 g/mol. The maximum absolute atomic E-state index is 11.5. The van der Waals surface area contributed by atoms with Crippen LogP contribution in [0.1, 0.15) is 5.69 Å². The summed E-state index contributed by atoms with van der Waals surface area (Å²) in [6.07, 6.45) is 0. The number of rotatable bonds is 2. The highest BCUT2D eigenvalue weighted by Crippen LogP contribution is 2.18. The average molecular weight is 206 g/mol. The van der Waals surface area contributed by atoms with Gasteiger partial charge in [-0.3, -0.25) is 9.89 Å². The third-order valence-corrected chi connectivity index (χ3v) is 2.07. The number of hydrogen-bond donors (Lipinski definition) is 3. The summed E-state index contributed by atoms with van der Waals surface area (Å²) in [4.78, 5) is 11.5. The summed E-state index contributed by atoms with van der Waals surface area (Å²) < 4.78 is 1.18. The second-order valence-electron chi connectivity index (χ2n) is 3.10. The standard InChI is InChI=1S/C10H10N2O3/c13-6-7-5-10(15)12(11-7)8-3-1-2-4-9(8)14/h1-5,11,13-14H,6H2. The molecule has 1 heterocycles. The first-order valence-corrected chi connectivity index (χ1v) is 4.42. The Labute approximate surface area is 85.2 Å². The van der Waals surface area contributed by atoms with Crippen LogP contribution in [-0.4, -0.2) is 20.0 Å². The first-order valence-electron chi connectivity index (χ1n) is 4.42. The van der Waals surface area contributed by atoms with Crippen molar-refractivity contribution in [2.45, 2.75) is 6.61 Å². The third-order valence-electron chi connectivity index (χ3n) is 2.07. The van der Waals surface area contributed by atoms with Crippen LogP contribution in [0, 0.1) is 0 Å². The van der Waals surface area contributed by atoms with Crippen molar-refractivity contribution in [1.29, 1.82) is 0 Å². The van der Waals surface area contributed by atoms with Crippen LogP contribution in [0.25, 0.3) is 5.69 Å². The number of nitrogens with zero attached hydrogens (tertiary/aromatic N) is 1. The number of phenolic OH excluding ortho intramolecular Hbond substituents is 1. The number of aromatic hydroxyl groups is 1. The molecular formula is C10H10N2O3. The lowest BCUT2D eigenvalue weighted by molar-refractivity contribution is 0.276. The minimum atomic E-state index is -0.319. The van der Waals surface area contributed by atoms with Crippen LogP contribution in [0.2, 0.25) is 0 Å². The van der Waals surface area contributed by atoms with E-state index in [2.05, 4.69) is 5.10 Å². The number of para-hydroxylation sites is 2. The van der Waals surface area contributed by atoms with Gasteiger partial charge >= 0.3 is 0 Å². The van der Waals surface area contributed by atoms with Crippen molar-refractivity contribution in [3.05, 3.63) is 46.4 Å². The molecular weight excluding hydrogens is 196 g/mol. The van der Waals surface area contributed by atoms with Crippen molar-refractivity contribution in [2.24, 2.45) is 0 Å². The van der Waals surface area contributed by atoms with Crippen LogP contribution in [0.3, 0.4) is 0 Å². The SMILES string of the molecule is O=c1cc(CO)[nH]n1-c1ccccc1O. The number of nitrogens with one attached hydrogen (secondary N) is 1. The molecule has 1 aromatic heterocycles. The van der Waals surface area contributed by atoms with Crippen LogP contribution in [0.4, 0.5) is 0 Å². The van der Waals surface area contributed by atoms with E-state index in [0.29, 0.717) is 11.4 Å². The molecule has 2 rings (SSSR count). The van der Waals surface area contributed by atoms with Gasteiger partial charge in [0.15, 0.2) is 0 Å². The molecule has 5 nitrogen and oxygen atoms in total. The fraction of sp³-hybridized carbons (Fsp3) is 0.100. The van der Waals surface area contributed by atoms with Gasteiger partial charge in [0, 0.05) is 6.07 Å². The molecule has 0 atom stereocenters. The summed E-state index contributed by atoms with van der Waals surface area (Å²) in [7, 11) is 0. The molecule has 0 unspecified atom stereocenters. The molecule has 0 radical (unpaired) electrons. The Kier molecular flexibility index (Phi) is 2.31. The molecule has 0 saturated heterocycles. The maximum Gasteiger partial charge on any atom is 0.271 e. The van der Waals surface area contributed by atoms with Gasteiger partial charge in [-0.25, -0.2) is 4.68 Å². The van der Waals surface area contributed by atoms with E-state index in [9.17, 15) is 9.90 Å². The molecule has 15 heavy (non-hydrogen) atoms. The number of H-pyrrole nitrogens is 1. The molecule has 3 N–H and O–H groups in total. The molecule has 78 valence electrons. The minimum absolute atomic E-state index is 0.00550. The van der Waals surface area contributed by atoms with E-state index in [1.807, 2.05) is 0 Å². The molecule has 0 aliphatic rings. The Morgan fingerprint density at radius 2 is 2.07 bits per heavy atom. The van der Waals surface area contributed by atoms with E-state index in [-0.39, 0.29) is 17.9 Å². The number of aromatic amines is 1. The zero-order valence-corrected chi connectivity index (χ0v) is 7.84. The predicted octanol–water partition coefficient (Wildman–Crippen LogP) is 0.364. The van der Waals surface area contributed by atoms with Crippen molar-refractivity contribution in [3.8, 4) is 11.4 Å². The van der Waals surface area contributed by atoms with Gasteiger partial charge in [0.2, 0.25) is 0 Å². The van der Waals surface area contributed by atoms with Crippen molar-refractivity contribution < 1.29 is 10.2 Å². The third kappa shape index (κ3) is 1.64. The lowest BCUT2D eigenvalue weighted by Gasteiger charge is -2.03. The number of phenols is 1. The zero-order chi connectivity index (χ0) is 10.8. The molecule has 1 aromatic carbocycles. The normalized spacial score (nSPS) is 10.5. The Morgan fingerprint density at radius 1 is 1.33 bits per heavy atom. The van der Waals surface area contributed by atoms with E-state index >= 15 is 0 Å². The molecule has 0 fully saturated rings. The highest BCUT2D eigenvalue weighted by Gasteiger charge is 2.07. The zero-order valence-electron chi connectivity index (χ0n) is 7.84. The van der Waals surface area contributed by atoms with Gasteiger partial charge in [0.05, 0.1) is 12.3 Å². The highest BCUT2D eigenvalue weighted by atomic mass is 16.3. The number of hydrogen-bond acceptors (Lipinski definition) is 3. The Balaban J connectivity index is 2.59. The largest absolute Gasteiger partial charge is 0.506 e.